The fourth-order valence-corrected chi connectivity index (χ4v) is 3.26. The molecule has 4 rings (SSSR count). The zero-order valence-electron chi connectivity index (χ0n) is 12.8. The van der Waals surface area contributed by atoms with Gasteiger partial charge in [-0.2, -0.15) is 0 Å². The number of imide groups is 1. The maximum Gasteiger partial charge on any atom is 0.330 e. The molecule has 0 saturated carbocycles. The molecule has 3 amide bonds. The molecule has 0 spiro atoms. The quantitative estimate of drug-likeness (QED) is 0.805. The number of urea groups is 1. The number of halogens is 1. The van der Waals surface area contributed by atoms with E-state index in [-0.39, 0.29) is 25.1 Å². The van der Waals surface area contributed by atoms with Crippen molar-refractivity contribution in [3.8, 4) is 0 Å². The van der Waals surface area contributed by atoms with E-state index in [1.807, 2.05) is 42.5 Å². The highest BCUT2D eigenvalue weighted by Gasteiger charge is 2.52. The Balaban J connectivity index is 1.58. The van der Waals surface area contributed by atoms with Crippen molar-refractivity contribution in [2.24, 2.45) is 0 Å². The maximum atomic E-state index is 12.8. The molecular weight excluding hydrogens is 328 g/mol. The molecule has 122 valence electrons. The van der Waals surface area contributed by atoms with Crippen LogP contribution < -0.4 is 0 Å². The number of hydrogen-bond donors (Lipinski definition) is 0. The summed E-state index contributed by atoms with van der Waals surface area (Å²) in [4.78, 5) is 28.2. The van der Waals surface area contributed by atoms with Gasteiger partial charge in [0.15, 0.2) is 6.23 Å². The summed E-state index contributed by atoms with van der Waals surface area (Å²) < 4.78 is 5.70. The van der Waals surface area contributed by atoms with Gasteiger partial charge in [0.25, 0.3) is 5.91 Å². The SMILES string of the molecule is O=C1[C@H]2COC(c3ccccc3)N2C(=O)N1Cc1ccc(Cl)cc1. The Kier molecular flexibility index (Phi) is 3.75. The van der Waals surface area contributed by atoms with E-state index in [0.29, 0.717) is 5.02 Å². The van der Waals surface area contributed by atoms with Gasteiger partial charge in [-0.25, -0.2) is 4.79 Å². The summed E-state index contributed by atoms with van der Waals surface area (Å²) in [5, 5.41) is 0.621. The summed E-state index contributed by atoms with van der Waals surface area (Å²) >= 11 is 5.88. The molecule has 2 atom stereocenters. The van der Waals surface area contributed by atoms with Gasteiger partial charge in [0, 0.05) is 10.6 Å². The second kappa shape index (κ2) is 5.92. The zero-order valence-corrected chi connectivity index (χ0v) is 13.5. The van der Waals surface area contributed by atoms with E-state index in [1.165, 1.54) is 9.80 Å². The normalized spacial score (nSPS) is 23.0. The van der Waals surface area contributed by atoms with Crippen molar-refractivity contribution in [1.29, 1.82) is 0 Å². The van der Waals surface area contributed by atoms with Gasteiger partial charge < -0.3 is 4.74 Å². The summed E-state index contributed by atoms with van der Waals surface area (Å²) in [6.45, 7) is 0.463. The van der Waals surface area contributed by atoms with Gasteiger partial charge in [0.05, 0.1) is 13.2 Å². The predicted molar refractivity (Wildman–Crippen MR) is 88.2 cm³/mol. The number of hydrogen-bond acceptors (Lipinski definition) is 3. The average molecular weight is 343 g/mol. The van der Waals surface area contributed by atoms with Gasteiger partial charge in [-0.15, -0.1) is 0 Å². The van der Waals surface area contributed by atoms with E-state index in [2.05, 4.69) is 0 Å². The van der Waals surface area contributed by atoms with Crippen molar-refractivity contribution in [2.75, 3.05) is 6.61 Å². The predicted octanol–water partition coefficient (Wildman–Crippen LogP) is 3.20. The highest BCUT2D eigenvalue weighted by atomic mass is 35.5. The highest BCUT2D eigenvalue weighted by Crippen LogP contribution is 2.36. The Morgan fingerprint density at radius 2 is 1.75 bits per heavy atom. The third-order valence-electron chi connectivity index (χ3n) is 4.34. The molecule has 2 heterocycles. The molecule has 2 aliphatic heterocycles. The second-order valence-electron chi connectivity index (χ2n) is 5.85. The first kappa shape index (κ1) is 15.2. The molecule has 0 aromatic heterocycles. The molecule has 2 fully saturated rings. The fourth-order valence-electron chi connectivity index (χ4n) is 3.14. The van der Waals surface area contributed by atoms with Crippen LogP contribution in [0.25, 0.3) is 0 Å². The Morgan fingerprint density at radius 3 is 2.46 bits per heavy atom. The monoisotopic (exact) mass is 342 g/mol. The van der Waals surface area contributed by atoms with Gasteiger partial charge in [-0.1, -0.05) is 54.1 Å². The van der Waals surface area contributed by atoms with Gasteiger partial charge in [-0.3, -0.25) is 14.6 Å². The van der Waals surface area contributed by atoms with Crippen molar-refractivity contribution in [1.82, 2.24) is 9.80 Å². The molecule has 2 aromatic rings. The van der Waals surface area contributed by atoms with E-state index in [9.17, 15) is 9.59 Å². The number of fused-ring (bicyclic) bond motifs is 1. The van der Waals surface area contributed by atoms with Crippen LogP contribution in [0.1, 0.15) is 17.4 Å². The van der Waals surface area contributed by atoms with Crippen LogP contribution in [0.3, 0.4) is 0 Å². The van der Waals surface area contributed by atoms with Crippen LogP contribution in [0.5, 0.6) is 0 Å². The van der Waals surface area contributed by atoms with Crippen LogP contribution in [0.2, 0.25) is 5.02 Å². The first-order valence-corrected chi connectivity index (χ1v) is 8.07. The minimum atomic E-state index is -0.546. The average Bonchev–Trinajstić information content (AvgIpc) is 3.14. The van der Waals surface area contributed by atoms with Crippen molar-refractivity contribution < 1.29 is 14.3 Å². The number of carbonyl (C=O) groups excluding carboxylic acids is 2. The third kappa shape index (κ3) is 2.46. The summed E-state index contributed by atoms with van der Waals surface area (Å²) in [5.74, 6) is -0.214. The smallest absolute Gasteiger partial charge is 0.330 e. The lowest BCUT2D eigenvalue weighted by molar-refractivity contribution is -0.128. The van der Waals surface area contributed by atoms with E-state index in [0.717, 1.165) is 11.1 Å². The topological polar surface area (TPSA) is 49.9 Å². The number of ether oxygens (including phenoxy) is 1. The molecule has 6 heteroatoms. The van der Waals surface area contributed by atoms with Crippen molar-refractivity contribution in [3.63, 3.8) is 0 Å². The van der Waals surface area contributed by atoms with Crippen LogP contribution in [0, 0.1) is 0 Å². The Hall–Kier alpha value is -2.37. The van der Waals surface area contributed by atoms with Crippen LogP contribution in [0.15, 0.2) is 54.6 Å². The Labute approximate surface area is 144 Å². The van der Waals surface area contributed by atoms with Crippen LogP contribution in [-0.2, 0) is 16.1 Å². The van der Waals surface area contributed by atoms with Gasteiger partial charge in [-0.05, 0) is 17.7 Å². The van der Waals surface area contributed by atoms with E-state index in [4.69, 9.17) is 16.3 Å². The molecule has 0 N–H and O–H groups in total. The van der Waals surface area contributed by atoms with Crippen molar-refractivity contribution in [2.45, 2.75) is 18.8 Å². The van der Waals surface area contributed by atoms with E-state index >= 15 is 0 Å². The summed E-state index contributed by atoms with van der Waals surface area (Å²) in [7, 11) is 0. The first-order chi connectivity index (χ1) is 11.6. The molecule has 5 nitrogen and oxygen atoms in total. The van der Waals surface area contributed by atoms with Gasteiger partial charge in [0.2, 0.25) is 0 Å². The molecule has 24 heavy (non-hydrogen) atoms. The maximum absolute atomic E-state index is 12.8. The lowest BCUT2D eigenvalue weighted by atomic mass is 10.2. The minimum absolute atomic E-state index is 0.214. The molecular formula is C18H15ClN2O3. The van der Waals surface area contributed by atoms with Gasteiger partial charge >= 0.3 is 6.03 Å². The number of amides is 3. The summed E-state index contributed by atoms with van der Waals surface area (Å²) in [6.07, 6.45) is -0.511. The molecule has 2 aliphatic rings. The summed E-state index contributed by atoms with van der Waals surface area (Å²) in [6, 6.07) is 15.7. The fraction of sp³-hybridized carbons (Fsp3) is 0.222. The van der Waals surface area contributed by atoms with Crippen molar-refractivity contribution in [3.05, 3.63) is 70.7 Å². The van der Waals surface area contributed by atoms with E-state index in [1.54, 1.807) is 12.1 Å². The first-order valence-electron chi connectivity index (χ1n) is 7.70. The number of benzene rings is 2. The number of nitrogens with zero attached hydrogens (tertiary/aromatic N) is 2. The standard InChI is InChI=1S/C18H15ClN2O3/c19-14-8-6-12(7-9-14)10-20-16(22)15-11-24-17(21(15)18(20)23)13-4-2-1-3-5-13/h1-9,15,17H,10-11H2/t15-,17?/m1/s1. The lowest BCUT2D eigenvalue weighted by Crippen LogP contribution is -2.34. The van der Waals surface area contributed by atoms with Crippen molar-refractivity contribution >= 4 is 23.5 Å². The third-order valence-corrected chi connectivity index (χ3v) is 4.59. The molecule has 2 saturated heterocycles. The lowest BCUT2D eigenvalue weighted by Gasteiger charge is -2.22. The number of carbonyl (C=O) groups is 2. The van der Waals surface area contributed by atoms with Crippen LogP contribution >= 0.6 is 11.6 Å². The largest absolute Gasteiger partial charge is 0.351 e. The van der Waals surface area contributed by atoms with Crippen LogP contribution in [0.4, 0.5) is 4.79 Å². The Morgan fingerprint density at radius 1 is 1.04 bits per heavy atom. The van der Waals surface area contributed by atoms with E-state index < -0.39 is 12.3 Å². The molecule has 0 aliphatic carbocycles. The molecule has 0 radical (unpaired) electrons. The Bertz CT molecular complexity index is 779. The number of rotatable bonds is 3. The van der Waals surface area contributed by atoms with Gasteiger partial charge in [0.1, 0.15) is 6.04 Å². The second-order valence-corrected chi connectivity index (χ2v) is 6.29. The summed E-state index contributed by atoms with van der Waals surface area (Å²) in [5.41, 5.74) is 1.73. The molecule has 1 unspecified atom stereocenters. The van der Waals surface area contributed by atoms with Crippen LogP contribution in [-0.4, -0.2) is 34.4 Å². The molecule has 2 aromatic carbocycles. The molecule has 0 bridgehead atoms. The zero-order chi connectivity index (χ0) is 16.7. The highest BCUT2D eigenvalue weighted by molar-refractivity contribution is 6.30. The minimum Gasteiger partial charge on any atom is -0.351 e.